The van der Waals surface area contributed by atoms with Crippen LogP contribution in [0.15, 0.2) is 48.5 Å². The fourth-order valence-corrected chi connectivity index (χ4v) is 2.56. The average Bonchev–Trinajstić information content (AvgIpc) is 2.71. The van der Waals surface area contributed by atoms with E-state index >= 15 is 0 Å². The first-order valence-electron chi connectivity index (χ1n) is 8.70. The van der Waals surface area contributed by atoms with E-state index in [0.29, 0.717) is 29.5 Å². The van der Waals surface area contributed by atoms with Crippen molar-refractivity contribution in [3.63, 3.8) is 0 Å². The molecule has 0 bridgehead atoms. The van der Waals surface area contributed by atoms with Gasteiger partial charge in [0.05, 0.1) is 19.3 Å². The minimum absolute atomic E-state index is 0.188. The highest BCUT2D eigenvalue weighted by Gasteiger charge is 2.10. The molecule has 8 heteroatoms. The van der Waals surface area contributed by atoms with E-state index in [0.717, 1.165) is 11.3 Å². The molecule has 2 aromatic carbocycles. The molecule has 144 valence electrons. The number of rotatable bonds is 6. The molecule has 0 unspecified atom stereocenters. The Hall–Kier alpha value is -3.68. The summed E-state index contributed by atoms with van der Waals surface area (Å²) >= 11 is 0. The number of aryl methyl sites for hydroxylation is 1. The van der Waals surface area contributed by atoms with Crippen LogP contribution in [0, 0.1) is 5.41 Å². The zero-order valence-corrected chi connectivity index (χ0v) is 15.9. The van der Waals surface area contributed by atoms with Crippen LogP contribution < -0.4 is 15.5 Å². The number of hydrogen-bond acceptors (Lipinski definition) is 7. The fourth-order valence-electron chi connectivity index (χ4n) is 2.56. The predicted molar refractivity (Wildman–Crippen MR) is 105 cm³/mol. The Balaban J connectivity index is 1.87. The molecule has 3 rings (SSSR count). The SMILES string of the molecule is CCOC(=O)c1ccc(Nc2nc(-c3ccc(OC)cc3)c(=N)n(C)n2)cc1. The van der Waals surface area contributed by atoms with Crippen LogP contribution in [0.25, 0.3) is 11.3 Å². The Morgan fingerprint density at radius 2 is 1.82 bits per heavy atom. The van der Waals surface area contributed by atoms with Gasteiger partial charge in [0.15, 0.2) is 5.49 Å². The van der Waals surface area contributed by atoms with Gasteiger partial charge in [-0.3, -0.25) is 5.41 Å². The summed E-state index contributed by atoms with van der Waals surface area (Å²) in [5.41, 5.74) is 2.65. The summed E-state index contributed by atoms with van der Waals surface area (Å²) in [7, 11) is 3.29. The number of anilines is 2. The zero-order valence-electron chi connectivity index (χ0n) is 15.9. The van der Waals surface area contributed by atoms with Gasteiger partial charge in [0.1, 0.15) is 11.4 Å². The van der Waals surface area contributed by atoms with Gasteiger partial charge in [-0.15, -0.1) is 5.10 Å². The average molecular weight is 379 g/mol. The van der Waals surface area contributed by atoms with E-state index in [1.165, 1.54) is 4.68 Å². The number of carbonyl (C=O) groups excluding carboxylic acids is 1. The van der Waals surface area contributed by atoms with Crippen LogP contribution in [0.1, 0.15) is 17.3 Å². The van der Waals surface area contributed by atoms with Crippen molar-refractivity contribution in [2.24, 2.45) is 7.05 Å². The standard InChI is InChI=1S/C20H21N5O3/c1-4-28-19(26)14-5-9-15(10-6-14)22-20-23-17(18(21)25(2)24-20)13-7-11-16(27-3)12-8-13/h5-12,21H,4H2,1-3H3,(H,22,24). The van der Waals surface area contributed by atoms with Crippen LogP contribution in [-0.2, 0) is 11.8 Å². The molecule has 0 radical (unpaired) electrons. The Kier molecular flexibility index (Phi) is 5.69. The summed E-state index contributed by atoms with van der Waals surface area (Å²) in [5, 5.41) is 15.6. The van der Waals surface area contributed by atoms with E-state index in [-0.39, 0.29) is 11.5 Å². The lowest BCUT2D eigenvalue weighted by Gasteiger charge is -2.10. The van der Waals surface area contributed by atoms with Crippen molar-refractivity contribution < 1.29 is 14.3 Å². The number of esters is 1. The molecule has 0 fully saturated rings. The molecule has 28 heavy (non-hydrogen) atoms. The number of ether oxygens (including phenoxy) is 2. The number of hydrogen-bond donors (Lipinski definition) is 2. The number of nitrogens with one attached hydrogen (secondary N) is 2. The Bertz CT molecular complexity index is 1030. The molecule has 0 spiro atoms. The largest absolute Gasteiger partial charge is 0.497 e. The van der Waals surface area contributed by atoms with Crippen LogP contribution in [0.4, 0.5) is 11.6 Å². The van der Waals surface area contributed by atoms with Crippen molar-refractivity contribution in [2.45, 2.75) is 6.92 Å². The van der Waals surface area contributed by atoms with Crippen molar-refractivity contribution in [2.75, 3.05) is 19.0 Å². The smallest absolute Gasteiger partial charge is 0.338 e. The van der Waals surface area contributed by atoms with Gasteiger partial charge < -0.3 is 14.8 Å². The third kappa shape index (κ3) is 4.17. The van der Waals surface area contributed by atoms with Crippen LogP contribution in [0.3, 0.4) is 0 Å². The van der Waals surface area contributed by atoms with Crippen LogP contribution in [-0.4, -0.2) is 34.5 Å². The minimum Gasteiger partial charge on any atom is -0.497 e. The first-order chi connectivity index (χ1) is 13.5. The van der Waals surface area contributed by atoms with Gasteiger partial charge in [-0.1, -0.05) is 0 Å². The molecule has 1 aromatic heterocycles. The van der Waals surface area contributed by atoms with E-state index in [9.17, 15) is 4.79 Å². The Labute approximate surface area is 162 Å². The first-order valence-corrected chi connectivity index (χ1v) is 8.70. The summed E-state index contributed by atoms with van der Waals surface area (Å²) in [6, 6.07) is 14.2. The molecular weight excluding hydrogens is 358 g/mol. The van der Waals surface area contributed by atoms with Crippen molar-refractivity contribution in [1.82, 2.24) is 14.8 Å². The number of nitrogens with zero attached hydrogens (tertiary/aromatic N) is 3. The molecular formula is C20H21N5O3. The second-order valence-corrected chi connectivity index (χ2v) is 5.91. The minimum atomic E-state index is -0.364. The Morgan fingerprint density at radius 3 is 2.43 bits per heavy atom. The van der Waals surface area contributed by atoms with Crippen molar-refractivity contribution in [3.8, 4) is 17.0 Å². The van der Waals surface area contributed by atoms with Gasteiger partial charge >= 0.3 is 5.97 Å². The molecule has 3 aromatic rings. The molecule has 2 N–H and O–H groups in total. The van der Waals surface area contributed by atoms with E-state index in [1.54, 1.807) is 45.3 Å². The van der Waals surface area contributed by atoms with E-state index in [4.69, 9.17) is 14.9 Å². The number of benzene rings is 2. The fraction of sp³-hybridized carbons (Fsp3) is 0.200. The van der Waals surface area contributed by atoms with E-state index in [2.05, 4.69) is 15.4 Å². The van der Waals surface area contributed by atoms with Crippen molar-refractivity contribution in [3.05, 3.63) is 59.6 Å². The van der Waals surface area contributed by atoms with Gasteiger partial charge in [0, 0.05) is 18.3 Å². The van der Waals surface area contributed by atoms with Crippen LogP contribution in [0.2, 0.25) is 0 Å². The van der Waals surface area contributed by atoms with Gasteiger partial charge in [-0.05, 0) is 55.5 Å². The molecule has 0 saturated carbocycles. The lowest BCUT2D eigenvalue weighted by atomic mass is 10.1. The highest BCUT2D eigenvalue weighted by atomic mass is 16.5. The van der Waals surface area contributed by atoms with Gasteiger partial charge in [0.2, 0.25) is 5.95 Å². The summed E-state index contributed by atoms with van der Waals surface area (Å²) < 4.78 is 11.6. The summed E-state index contributed by atoms with van der Waals surface area (Å²) in [5.74, 6) is 0.707. The highest BCUT2D eigenvalue weighted by molar-refractivity contribution is 5.89. The zero-order chi connectivity index (χ0) is 20.1. The molecule has 0 aliphatic carbocycles. The molecule has 8 nitrogen and oxygen atoms in total. The number of aromatic nitrogens is 3. The molecule has 0 aliphatic rings. The van der Waals surface area contributed by atoms with E-state index < -0.39 is 0 Å². The summed E-state index contributed by atoms with van der Waals surface area (Å²) in [6.45, 7) is 2.10. The topological polar surface area (TPSA) is 102 Å². The molecule has 1 heterocycles. The number of carbonyl (C=O) groups is 1. The lowest BCUT2D eigenvalue weighted by Crippen LogP contribution is -2.24. The quantitative estimate of drug-likeness (QED) is 0.639. The van der Waals surface area contributed by atoms with Crippen LogP contribution in [0.5, 0.6) is 5.75 Å². The predicted octanol–water partition coefficient (Wildman–Crippen LogP) is 2.89. The molecule has 0 aliphatic heterocycles. The summed E-state index contributed by atoms with van der Waals surface area (Å²) in [6.07, 6.45) is 0. The maximum absolute atomic E-state index is 11.7. The molecule has 0 atom stereocenters. The van der Waals surface area contributed by atoms with Gasteiger partial charge in [-0.25, -0.2) is 14.5 Å². The van der Waals surface area contributed by atoms with Crippen molar-refractivity contribution in [1.29, 1.82) is 5.41 Å². The first kappa shape index (κ1) is 19.1. The van der Waals surface area contributed by atoms with E-state index in [1.807, 2.05) is 24.3 Å². The molecule has 0 amide bonds. The second-order valence-electron chi connectivity index (χ2n) is 5.91. The monoisotopic (exact) mass is 379 g/mol. The normalized spacial score (nSPS) is 10.4. The van der Waals surface area contributed by atoms with Gasteiger partial charge in [0.25, 0.3) is 0 Å². The molecule has 0 saturated heterocycles. The Morgan fingerprint density at radius 1 is 1.14 bits per heavy atom. The highest BCUT2D eigenvalue weighted by Crippen LogP contribution is 2.20. The second kappa shape index (κ2) is 8.34. The van der Waals surface area contributed by atoms with Crippen molar-refractivity contribution >= 4 is 17.6 Å². The van der Waals surface area contributed by atoms with Crippen LogP contribution >= 0.6 is 0 Å². The third-order valence-electron chi connectivity index (χ3n) is 4.03. The maximum Gasteiger partial charge on any atom is 0.338 e. The lowest BCUT2D eigenvalue weighted by molar-refractivity contribution is 0.0526. The third-order valence-corrected chi connectivity index (χ3v) is 4.03. The maximum atomic E-state index is 11.7. The number of methoxy groups -OCH3 is 1. The van der Waals surface area contributed by atoms with Gasteiger partial charge in [-0.2, -0.15) is 0 Å². The summed E-state index contributed by atoms with van der Waals surface area (Å²) in [4.78, 5) is 16.2.